The highest BCUT2D eigenvalue weighted by atomic mass is 16.5. The lowest BCUT2D eigenvalue weighted by Gasteiger charge is -2.28. The first kappa shape index (κ1) is 25.3. The summed E-state index contributed by atoms with van der Waals surface area (Å²) in [5.41, 5.74) is 2.61. The first-order valence-electron chi connectivity index (χ1n) is 12.6. The largest absolute Gasteiger partial charge is 0.497 e. The van der Waals surface area contributed by atoms with Gasteiger partial charge >= 0.3 is 0 Å². The molecule has 2 aromatic rings. The zero-order chi connectivity index (χ0) is 24.2. The van der Waals surface area contributed by atoms with Crippen molar-refractivity contribution in [2.45, 2.75) is 85.5 Å². The molecular weight excluding hydrogens is 412 g/mol. The van der Waals surface area contributed by atoms with Crippen molar-refractivity contribution in [3.8, 4) is 5.75 Å². The molecule has 0 bridgehead atoms. The Morgan fingerprint density at radius 2 is 1.88 bits per heavy atom. The number of hydrogen-bond donors (Lipinski definition) is 1. The maximum atomic E-state index is 13.7. The van der Waals surface area contributed by atoms with Crippen LogP contribution < -0.4 is 10.3 Å². The Labute approximate surface area is 198 Å². The van der Waals surface area contributed by atoms with E-state index >= 15 is 0 Å². The van der Waals surface area contributed by atoms with E-state index in [2.05, 4.69) is 39.6 Å². The van der Waals surface area contributed by atoms with Gasteiger partial charge in [-0.3, -0.25) is 9.59 Å². The quantitative estimate of drug-likeness (QED) is 0.502. The van der Waals surface area contributed by atoms with E-state index in [0.717, 1.165) is 73.6 Å². The van der Waals surface area contributed by atoms with E-state index in [-0.39, 0.29) is 29.2 Å². The van der Waals surface area contributed by atoms with Crippen molar-refractivity contribution in [1.82, 2.24) is 9.88 Å². The van der Waals surface area contributed by atoms with Crippen molar-refractivity contribution in [3.63, 3.8) is 0 Å². The smallest absolute Gasteiger partial charge is 0.252 e. The van der Waals surface area contributed by atoms with E-state index in [1.165, 1.54) is 0 Å². The molecule has 0 atom stereocenters. The van der Waals surface area contributed by atoms with Crippen molar-refractivity contribution in [3.05, 3.63) is 39.7 Å². The normalized spacial score (nSPS) is 14.9. The zero-order valence-electron chi connectivity index (χ0n) is 21.4. The van der Waals surface area contributed by atoms with E-state index in [1.54, 1.807) is 7.11 Å². The van der Waals surface area contributed by atoms with Gasteiger partial charge in [0.2, 0.25) is 5.91 Å². The number of hydrogen-bond acceptors (Lipinski definition) is 3. The molecular formula is C28H42N2O3. The van der Waals surface area contributed by atoms with Gasteiger partial charge in [-0.2, -0.15) is 0 Å². The van der Waals surface area contributed by atoms with Gasteiger partial charge in [0, 0.05) is 30.1 Å². The van der Waals surface area contributed by atoms with Crippen LogP contribution in [0.3, 0.4) is 0 Å². The molecule has 1 heterocycles. The number of carbonyl (C=O) groups excluding carboxylic acids is 1. The third-order valence-corrected chi connectivity index (χ3v) is 6.92. The minimum Gasteiger partial charge on any atom is -0.497 e. The maximum absolute atomic E-state index is 13.7. The van der Waals surface area contributed by atoms with Crippen LogP contribution in [0.2, 0.25) is 0 Å². The van der Waals surface area contributed by atoms with Gasteiger partial charge in [0.25, 0.3) is 5.56 Å². The summed E-state index contributed by atoms with van der Waals surface area (Å²) >= 11 is 0. The predicted octanol–water partition coefficient (Wildman–Crippen LogP) is 6.05. The van der Waals surface area contributed by atoms with E-state index in [9.17, 15) is 9.59 Å². The summed E-state index contributed by atoms with van der Waals surface area (Å²) in [6.07, 6.45) is 6.55. The fourth-order valence-electron chi connectivity index (χ4n) is 4.83. The van der Waals surface area contributed by atoms with Crippen LogP contribution in [-0.4, -0.2) is 36.0 Å². The summed E-state index contributed by atoms with van der Waals surface area (Å²) in [4.78, 5) is 32.0. The van der Waals surface area contributed by atoms with Crippen LogP contribution in [0.25, 0.3) is 10.9 Å². The molecule has 1 N–H and O–H groups in total. The molecule has 182 valence electrons. The van der Waals surface area contributed by atoms with Crippen LogP contribution in [0.15, 0.2) is 23.0 Å². The monoisotopic (exact) mass is 454 g/mol. The average molecular weight is 455 g/mol. The molecule has 33 heavy (non-hydrogen) atoms. The number of benzene rings is 1. The Morgan fingerprint density at radius 3 is 2.48 bits per heavy atom. The van der Waals surface area contributed by atoms with Crippen molar-refractivity contribution < 1.29 is 9.53 Å². The minimum atomic E-state index is -0.0473. The van der Waals surface area contributed by atoms with Gasteiger partial charge in [0.15, 0.2) is 0 Å². The first-order valence-corrected chi connectivity index (χ1v) is 12.6. The van der Waals surface area contributed by atoms with Gasteiger partial charge in [-0.1, -0.05) is 47.5 Å². The molecule has 0 aliphatic heterocycles. The molecule has 1 aliphatic rings. The average Bonchev–Trinajstić information content (AvgIpc) is 3.26. The molecule has 3 rings (SSSR count). The van der Waals surface area contributed by atoms with Crippen molar-refractivity contribution in [1.29, 1.82) is 0 Å². The van der Waals surface area contributed by atoms with E-state index in [0.29, 0.717) is 11.7 Å². The molecule has 1 aromatic carbocycles. The Bertz CT molecular complexity index is 1010. The number of methoxy groups -OCH3 is 1. The highest BCUT2D eigenvalue weighted by molar-refractivity contribution is 5.90. The second-order valence-corrected chi connectivity index (χ2v) is 11.3. The third-order valence-electron chi connectivity index (χ3n) is 6.92. The topological polar surface area (TPSA) is 62.4 Å². The second-order valence-electron chi connectivity index (χ2n) is 11.3. The standard InChI is InChI=1S/C28H42N2O3/c1-19(2)13-15-30(16-14-28(3,4)5)25(31)18-23-22-12-11-21(33-6)17-24(22)29-27(32)26(23)20-9-7-8-10-20/h11-12,17,19-20H,7-10,13-16,18H2,1-6H3,(H,29,32). The molecule has 5 nitrogen and oxygen atoms in total. The molecule has 1 fully saturated rings. The second kappa shape index (κ2) is 10.8. The SMILES string of the molecule is COc1ccc2c(CC(=O)N(CCC(C)C)CCC(C)(C)C)c(C3CCCC3)c(=O)[nH]c2c1. The highest BCUT2D eigenvalue weighted by Gasteiger charge is 2.27. The van der Waals surface area contributed by atoms with Crippen molar-refractivity contribution >= 4 is 16.8 Å². The lowest BCUT2D eigenvalue weighted by atomic mass is 9.89. The third kappa shape index (κ3) is 6.61. The van der Waals surface area contributed by atoms with Gasteiger partial charge in [0.1, 0.15) is 5.75 Å². The highest BCUT2D eigenvalue weighted by Crippen LogP contribution is 2.36. The van der Waals surface area contributed by atoms with E-state index < -0.39 is 0 Å². The number of amides is 1. The lowest BCUT2D eigenvalue weighted by molar-refractivity contribution is -0.131. The molecule has 1 amide bonds. The number of fused-ring (bicyclic) bond motifs is 1. The number of carbonyl (C=O) groups is 1. The van der Waals surface area contributed by atoms with Crippen LogP contribution in [0.1, 0.15) is 90.2 Å². The first-order chi connectivity index (χ1) is 15.6. The van der Waals surface area contributed by atoms with Crippen LogP contribution in [0.5, 0.6) is 5.75 Å². The number of nitrogens with one attached hydrogen (secondary N) is 1. The molecule has 1 aliphatic carbocycles. The van der Waals surface area contributed by atoms with Crippen molar-refractivity contribution in [2.75, 3.05) is 20.2 Å². The van der Waals surface area contributed by atoms with Gasteiger partial charge in [-0.15, -0.1) is 0 Å². The Morgan fingerprint density at radius 1 is 1.18 bits per heavy atom. The molecule has 5 heteroatoms. The number of nitrogens with zero attached hydrogens (tertiary/aromatic N) is 1. The van der Waals surface area contributed by atoms with Crippen LogP contribution in [0.4, 0.5) is 0 Å². The minimum absolute atomic E-state index is 0.0473. The van der Waals surface area contributed by atoms with Gasteiger partial charge < -0.3 is 14.6 Å². The molecule has 0 saturated heterocycles. The summed E-state index contributed by atoms with van der Waals surface area (Å²) in [5, 5.41) is 0.963. The van der Waals surface area contributed by atoms with Crippen LogP contribution in [0, 0.1) is 11.3 Å². The molecule has 0 spiro atoms. The number of aromatic nitrogens is 1. The Hall–Kier alpha value is -2.30. The summed E-state index contributed by atoms with van der Waals surface area (Å²) < 4.78 is 5.37. The number of aromatic amines is 1. The number of ether oxygens (including phenoxy) is 1. The molecule has 1 saturated carbocycles. The summed E-state index contributed by atoms with van der Waals surface area (Å²) in [6.45, 7) is 12.6. The van der Waals surface area contributed by atoms with Gasteiger partial charge in [0.05, 0.1) is 19.0 Å². The Kier molecular flexibility index (Phi) is 8.25. The zero-order valence-corrected chi connectivity index (χ0v) is 21.4. The summed E-state index contributed by atoms with van der Waals surface area (Å²) in [7, 11) is 1.62. The Balaban J connectivity index is 2.00. The van der Waals surface area contributed by atoms with Gasteiger partial charge in [-0.25, -0.2) is 0 Å². The number of rotatable bonds is 9. The van der Waals surface area contributed by atoms with E-state index in [4.69, 9.17) is 4.74 Å². The molecule has 0 unspecified atom stereocenters. The molecule has 0 radical (unpaired) electrons. The predicted molar refractivity (Wildman–Crippen MR) is 136 cm³/mol. The molecule has 1 aromatic heterocycles. The van der Waals surface area contributed by atoms with Crippen LogP contribution >= 0.6 is 0 Å². The summed E-state index contributed by atoms with van der Waals surface area (Å²) in [6, 6.07) is 5.78. The van der Waals surface area contributed by atoms with Crippen LogP contribution in [-0.2, 0) is 11.2 Å². The summed E-state index contributed by atoms with van der Waals surface area (Å²) in [5.74, 6) is 1.60. The van der Waals surface area contributed by atoms with Crippen molar-refractivity contribution in [2.24, 2.45) is 11.3 Å². The van der Waals surface area contributed by atoms with Gasteiger partial charge in [-0.05, 0) is 60.6 Å². The maximum Gasteiger partial charge on any atom is 0.252 e. The lowest BCUT2D eigenvalue weighted by Crippen LogP contribution is -2.37. The number of pyridine rings is 1. The fourth-order valence-corrected chi connectivity index (χ4v) is 4.83. The number of H-pyrrole nitrogens is 1. The van der Waals surface area contributed by atoms with E-state index in [1.807, 2.05) is 23.1 Å². The fraction of sp³-hybridized carbons (Fsp3) is 0.643.